The summed E-state index contributed by atoms with van der Waals surface area (Å²) >= 11 is 7.68. The van der Waals surface area contributed by atoms with Gasteiger partial charge in [0.2, 0.25) is 0 Å². The monoisotopic (exact) mass is 366 g/mol. The number of halogens is 1. The van der Waals surface area contributed by atoms with Crippen molar-refractivity contribution in [2.45, 2.75) is 6.42 Å². The van der Waals surface area contributed by atoms with E-state index < -0.39 is 17.3 Å². The van der Waals surface area contributed by atoms with Crippen molar-refractivity contribution in [2.24, 2.45) is 0 Å². The number of amides is 2. The number of thioether (sulfide) groups is 1. The minimum atomic E-state index is -1.32. The molecule has 0 aromatic carbocycles. The first-order valence-corrected chi connectivity index (χ1v) is 8.48. The number of ether oxygens (including phenoxy) is 1. The third-order valence-electron chi connectivity index (χ3n) is 2.38. The lowest BCUT2D eigenvalue weighted by atomic mass is 10.3. The molecule has 0 aliphatic carbocycles. The zero-order valence-corrected chi connectivity index (χ0v) is 14.1. The van der Waals surface area contributed by atoms with Gasteiger partial charge in [-0.25, -0.2) is 20.0 Å². The highest BCUT2D eigenvalue weighted by Crippen LogP contribution is 2.18. The molecule has 22 heavy (non-hydrogen) atoms. The highest BCUT2D eigenvalue weighted by atomic mass is 35.5. The largest absolute Gasteiger partial charge is 0.465 e. The Bertz CT molecular complexity index is 537. The van der Waals surface area contributed by atoms with Crippen LogP contribution in [0.25, 0.3) is 0 Å². The predicted octanol–water partition coefficient (Wildman–Crippen LogP) is 2.65. The molecular formula is C12H15ClN2O5S2. The summed E-state index contributed by atoms with van der Waals surface area (Å²) in [6.07, 6.45) is -0.906. The van der Waals surface area contributed by atoms with E-state index in [1.807, 2.05) is 5.43 Å². The van der Waals surface area contributed by atoms with Crippen LogP contribution in [0.1, 0.15) is 14.5 Å². The minimum Gasteiger partial charge on any atom is -0.465 e. The number of alkyl halides is 1. The molecule has 1 aromatic rings. The summed E-state index contributed by atoms with van der Waals surface area (Å²) in [5.74, 6) is 0.263. The summed E-state index contributed by atoms with van der Waals surface area (Å²) in [5, 5.41) is 9.35. The molecule has 0 bridgehead atoms. The first kappa shape index (κ1) is 18.6. The number of esters is 1. The second-order valence-corrected chi connectivity index (χ2v) is 6.47. The second-order valence-electron chi connectivity index (χ2n) is 3.88. The summed E-state index contributed by atoms with van der Waals surface area (Å²) in [6.45, 7) is 0.154. The van der Waals surface area contributed by atoms with Gasteiger partial charge in [0.25, 0.3) is 5.24 Å². The molecular weight excluding hydrogens is 352 g/mol. The third-order valence-corrected chi connectivity index (χ3v) is 4.80. The average molecular weight is 367 g/mol. The number of hydrogen-bond donors (Lipinski definition) is 2. The molecule has 0 saturated carbocycles. The number of carboxylic acid groups (broad SMARTS) is 1. The number of methoxy groups -OCH3 is 1. The fourth-order valence-corrected chi connectivity index (χ4v) is 3.15. The van der Waals surface area contributed by atoms with Gasteiger partial charge in [-0.3, -0.25) is 4.79 Å². The van der Waals surface area contributed by atoms with Crippen LogP contribution in [0.15, 0.2) is 12.1 Å². The third kappa shape index (κ3) is 6.12. The van der Waals surface area contributed by atoms with E-state index in [2.05, 4.69) is 4.74 Å². The number of rotatable bonds is 6. The van der Waals surface area contributed by atoms with Crippen LogP contribution in [-0.2, 0) is 11.2 Å². The van der Waals surface area contributed by atoms with Gasteiger partial charge in [-0.1, -0.05) is 11.8 Å². The number of hydrogen-bond acceptors (Lipinski definition) is 6. The molecule has 2 amide bonds. The maximum atomic E-state index is 11.9. The van der Waals surface area contributed by atoms with Crippen LogP contribution in [0.2, 0.25) is 0 Å². The molecule has 0 spiro atoms. The Kier molecular flexibility index (Phi) is 8.07. The van der Waals surface area contributed by atoms with Crippen LogP contribution in [0.3, 0.4) is 0 Å². The van der Waals surface area contributed by atoms with E-state index in [9.17, 15) is 14.4 Å². The molecule has 0 aliphatic rings. The van der Waals surface area contributed by atoms with Crippen LogP contribution >= 0.6 is 34.7 Å². The molecule has 7 nitrogen and oxygen atoms in total. The lowest BCUT2D eigenvalue weighted by molar-refractivity contribution is 0.0606. The van der Waals surface area contributed by atoms with Crippen molar-refractivity contribution in [2.75, 3.05) is 25.3 Å². The average Bonchev–Trinajstić information content (AvgIpc) is 2.96. The van der Waals surface area contributed by atoms with E-state index in [1.54, 1.807) is 12.1 Å². The Morgan fingerprint density at radius 2 is 2.18 bits per heavy atom. The molecule has 1 rings (SSSR count). The quantitative estimate of drug-likeness (QED) is 0.456. The first-order valence-electron chi connectivity index (χ1n) is 6.14. The van der Waals surface area contributed by atoms with Gasteiger partial charge in [0, 0.05) is 29.5 Å². The Balaban J connectivity index is 2.62. The Labute approximate surface area is 140 Å². The first-order chi connectivity index (χ1) is 10.5. The van der Waals surface area contributed by atoms with Crippen molar-refractivity contribution in [3.63, 3.8) is 0 Å². The summed E-state index contributed by atoms with van der Waals surface area (Å²) in [6, 6.07) is 3.37. The van der Waals surface area contributed by atoms with Crippen LogP contribution in [0.5, 0.6) is 0 Å². The fraction of sp³-hybridized carbons (Fsp3) is 0.417. The summed E-state index contributed by atoms with van der Waals surface area (Å²) < 4.78 is 4.61. The molecule has 0 radical (unpaired) electrons. The van der Waals surface area contributed by atoms with Gasteiger partial charge in [0.15, 0.2) is 0 Å². The van der Waals surface area contributed by atoms with E-state index in [4.69, 9.17) is 16.7 Å². The molecule has 0 unspecified atom stereocenters. The highest BCUT2D eigenvalue weighted by molar-refractivity contribution is 8.13. The molecule has 2 N–H and O–H groups in total. The van der Waals surface area contributed by atoms with E-state index in [0.717, 1.165) is 21.6 Å². The molecule has 122 valence electrons. The van der Waals surface area contributed by atoms with Crippen molar-refractivity contribution in [3.8, 4) is 0 Å². The van der Waals surface area contributed by atoms with Crippen molar-refractivity contribution in [1.82, 2.24) is 10.4 Å². The number of nitrogens with zero attached hydrogens (tertiary/aromatic N) is 1. The zero-order valence-electron chi connectivity index (χ0n) is 11.7. The SMILES string of the molecule is COC(=O)c1ccc(CCN(NC(=O)O)C(=O)SCCCl)s1. The molecule has 1 heterocycles. The van der Waals surface area contributed by atoms with Gasteiger partial charge < -0.3 is 9.84 Å². The zero-order chi connectivity index (χ0) is 16.5. The van der Waals surface area contributed by atoms with Gasteiger partial charge in [0.1, 0.15) is 4.88 Å². The number of nitrogens with one attached hydrogen (secondary N) is 1. The minimum absolute atomic E-state index is 0.154. The van der Waals surface area contributed by atoms with E-state index in [1.165, 1.54) is 18.4 Å². The van der Waals surface area contributed by atoms with E-state index in [0.29, 0.717) is 22.9 Å². The van der Waals surface area contributed by atoms with Crippen molar-refractivity contribution < 1.29 is 24.2 Å². The molecule has 0 fully saturated rings. The van der Waals surface area contributed by atoms with Crippen LogP contribution < -0.4 is 5.43 Å². The number of carbonyl (C=O) groups is 3. The number of carbonyl (C=O) groups excluding carboxylic acids is 2. The maximum absolute atomic E-state index is 11.9. The fourth-order valence-electron chi connectivity index (χ4n) is 1.46. The van der Waals surface area contributed by atoms with Crippen molar-refractivity contribution >= 4 is 52.0 Å². The van der Waals surface area contributed by atoms with Gasteiger partial charge >= 0.3 is 12.1 Å². The highest BCUT2D eigenvalue weighted by Gasteiger charge is 2.17. The summed E-state index contributed by atoms with van der Waals surface area (Å²) in [4.78, 5) is 35.2. The van der Waals surface area contributed by atoms with E-state index >= 15 is 0 Å². The number of hydrazine groups is 1. The van der Waals surface area contributed by atoms with Gasteiger partial charge in [0.05, 0.1) is 7.11 Å². The summed E-state index contributed by atoms with van der Waals surface area (Å²) in [7, 11) is 1.30. The van der Waals surface area contributed by atoms with E-state index in [-0.39, 0.29) is 6.54 Å². The molecule has 10 heteroatoms. The normalized spacial score (nSPS) is 10.1. The Morgan fingerprint density at radius 3 is 2.77 bits per heavy atom. The second kappa shape index (κ2) is 9.54. The Morgan fingerprint density at radius 1 is 1.45 bits per heavy atom. The van der Waals surface area contributed by atoms with Gasteiger partial charge in [-0.15, -0.1) is 22.9 Å². The van der Waals surface area contributed by atoms with Crippen molar-refractivity contribution in [1.29, 1.82) is 0 Å². The Hall–Kier alpha value is -1.45. The lowest BCUT2D eigenvalue weighted by Gasteiger charge is -2.20. The standard InChI is InChI=1S/C12H15ClN2O5S2/c1-20-10(16)9-3-2-8(22-9)4-6-15(14-11(17)18)12(19)21-7-5-13/h2-3,14H,4-7H2,1H3,(H,17,18). The van der Waals surface area contributed by atoms with Crippen LogP contribution in [0, 0.1) is 0 Å². The smallest absolute Gasteiger partial charge is 0.423 e. The molecule has 0 saturated heterocycles. The van der Waals surface area contributed by atoms with Gasteiger partial charge in [-0.2, -0.15) is 0 Å². The topological polar surface area (TPSA) is 95.9 Å². The van der Waals surface area contributed by atoms with Gasteiger partial charge in [-0.05, 0) is 12.1 Å². The van der Waals surface area contributed by atoms with Crippen LogP contribution in [-0.4, -0.2) is 52.7 Å². The van der Waals surface area contributed by atoms with Crippen molar-refractivity contribution in [3.05, 3.63) is 21.9 Å². The number of thiophene rings is 1. The predicted molar refractivity (Wildman–Crippen MR) is 85.8 cm³/mol. The lowest BCUT2D eigenvalue weighted by Crippen LogP contribution is -2.45. The van der Waals surface area contributed by atoms with Crippen LogP contribution in [0.4, 0.5) is 9.59 Å². The molecule has 1 aromatic heterocycles. The molecule has 0 atom stereocenters. The molecule has 0 aliphatic heterocycles. The summed E-state index contributed by atoms with van der Waals surface area (Å²) in [5.41, 5.74) is 2.05. The maximum Gasteiger partial charge on any atom is 0.423 e.